The van der Waals surface area contributed by atoms with E-state index in [0.29, 0.717) is 10.8 Å². The van der Waals surface area contributed by atoms with Crippen LogP contribution < -0.4 is 0 Å². The first kappa shape index (κ1) is 15.4. The van der Waals surface area contributed by atoms with Crippen LogP contribution in [0.1, 0.15) is 32.1 Å². The number of aromatic amines is 1. The van der Waals surface area contributed by atoms with Gasteiger partial charge in [0, 0.05) is 13.1 Å². The molecule has 0 bridgehead atoms. The largest absolute Gasteiger partial charge is 0.341 e. The van der Waals surface area contributed by atoms with Crippen molar-refractivity contribution in [2.45, 2.75) is 44.7 Å². The molecule has 22 heavy (non-hydrogen) atoms. The van der Waals surface area contributed by atoms with Crippen LogP contribution in [0.2, 0.25) is 0 Å². The molecule has 0 radical (unpaired) electrons. The number of hydrogen-bond acceptors (Lipinski definition) is 4. The summed E-state index contributed by atoms with van der Waals surface area (Å²) in [7, 11) is 1.91. The molecule has 5 nitrogen and oxygen atoms in total. The molecule has 1 aliphatic carbocycles. The lowest BCUT2D eigenvalue weighted by molar-refractivity contribution is -0.133. The molecule has 2 heterocycles. The Hall–Kier alpha value is -1.47. The lowest BCUT2D eigenvalue weighted by Crippen LogP contribution is -2.40. The zero-order valence-electron chi connectivity index (χ0n) is 12.6. The number of H-pyrrole nitrogens is 1. The maximum absolute atomic E-state index is 12.6. The fourth-order valence-electron chi connectivity index (χ4n) is 2.98. The molecule has 1 aliphatic rings. The number of likely N-dealkylation sites (N-methyl/N-ethyl adjacent to an activating group) is 1. The van der Waals surface area contributed by atoms with Crippen molar-refractivity contribution in [2.75, 3.05) is 7.05 Å². The molecule has 118 valence electrons. The third-order valence-corrected chi connectivity index (χ3v) is 5.49. The Morgan fingerprint density at radius 1 is 1.50 bits per heavy atom. The zero-order chi connectivity index (χ0) is 15.5. The van der Waals surface area contributed by atoms with Crippen molar-refractivity contribution in [3.05, 3.63) is 22.3 Å². The Morgan fingerprint density at radius 3 is 2.95 bits per heavy atom. The third-order valence-electron chi connectivity index (χ3n) is 4.31. The van der Waals surface area contributed by atoms with Gasteiger partial charge in [0.2, 0.25) is 5.91 Å². The second-order valence-corrected chi connectivity index (χ2v) is 7.05. The molecule has 0 aromatic carbocycles. The van der Waals surface area contributed by atoms with E-state index in [4.69, 9.17) is 12.2 Å². The number of hydrogen-bond donors (Lipinski definition) is 1. The minimum atomic E-state index is 0.0993. The van der Waals surface area contributed by atoms with Gasteiger partial charge >= 0.3 is 0 Å². The van der Waals surface area contributed by atoms with Crippen LogP contribution in [0, 0.1) is 4.77 Å². The molecule has 1 fully saturated rings. The zero-order valence-corrected chi connectivity index (χ0v) is 14.3. The van der Waals surface area contributed by atoms with Crippen LogP contribution in [0.25, 0.3) is 10.7 Å². The predicted molar refractivity (Wildman–Crippen MR) is 90.4 cm³/mol. The molecule has 1 saturated carbocycles. The van der Waals surface area contributed by atoms with Gasteiger partial charge in [-0.05, 0) is 36.5 Å². The molecule has 3 rings (SSSR count). The average Bonchev–Trinajstić information content (AvgIpc) is 3.18. The van der Waals surface area contributed by atoms with E-state index in [1.807, 2.05) is 29.5 Å². The summed E-state index contributed by atoms with van der Waals surface area (Å²) < 4.78 is 2.29. The van der Waals surface area contributed by atoms with E-state index >= 15 is 0 Å². The molecule has 2 aromatic heterocycles. The number of aromatic nitrogens is 3. The van der Waals surface area contributed by atoms with Crippen LogP contribution >= 0.6 is 23.6 Å². The summed E-state index contributed by atoms with van der Waals surface area (Å²) in [6, 6.07) is 4.33. The average molecular weight is 336 g/mol. The van der Waals surface area contributed by atoms with Crippen molar-refractivity contribution in [3.63, 3.8) is 0 Å². The Balaban J connectivity index is 1.77. The smallest absolute Gasteiger partial charge is 0.242 e. The highest BCUT2D eigenvalue weighted by Crippen LogP contribution is 2.24. The van der Waals surface area contributed by atoms with E-state index in [2.05, 4.69) is 10.2 Å². The number of nitrogens with zero attached hydrogens (tertiary/aromatic N) is 3. The number of carbonyl (C=O) groups is 1. The van der Waals surface area contributed by atoms with Crippen LogP contribution in [-0.2, 0) is 11.3 Å². The summed E-state index contributed by atoms with van der Waals surface area (Å²) in [6.45, 7) is 0.246. The first-order valence-corrected chi connectivity index (χ1v) is 8.90. The summed E-state index contributed by atoms with van der Waals surface area (Å²) >= 11 is 6.88. The summed E-state index contributed by atoms with van der Waals surface area (Å²) in [5, 5.41) is 9.06. The second kappa shape index (κ2) is 6.75. The highest BCUT2D eigenvalue weighted by atomic mass is 32.1. The first-order chi connectivity index (χ1) is 10.7. The summed E-state index contributed by atoms with van der Waals surface area (Å²) in [4.78, 5) is 15.5. The fraction of sp³-hybridized carbons (Fsp3) is 0.533. The Kier molecular flexibility index (Phi) is 4.73. The maximum Gasteiger partial charge on any atom is 0.242 e. The van der Waals surface area contributed by atoms with Crippen LogP contribution in [0.5, 0.6) is 0 Å². The van der Waals surface area contributed by atoms with Gasteiger partial charge < -0.3 is 4.90 Å². The van der Waals surface area contributed by atoms with E-state index in [0.717, 1.165) is 23.5 Å². The lowest BCUT2D eigenvalue weighted by atomic mass is 9.94. The lowest BCUT2D eigenvalue weighted by Gasteiger charge is -2.31. The van der Waals surface area contributed by atoms with Crippen molar-refractivity contribution >= 4 is 29.5 Å². The highest BCUT2D eigenvalue weighted by Gasteiger charge is 2.23. The van der Waals surface area contributed by atoms with Gasteiger partial charge in [0.15, 0.2) is 10.6 Å². The Bertz CT molecular complexity index is 683. The van der Waals surface area contributed by atoms with Gasteiger partial charge in [-0.2, -0.15) is 5.10 Å². The van der Waals surface area contributed by atoms with Crippen molar-refractivity contribution in [1.82, 2.24) is 19.7 Å². The van der Waals surface area contributed by atoms with Gasteiger partial charge in [-0.25, -0.2) is 0 Å². The number of rotatable bonds is 4. The van der Waals surface area contributed by atoms with Crippen molar-refractivity contribution in [1.29, 1.82) is 0 Å². The molecule has 7 heteroatoms. The predicted octanol–water partition coefficient (Wildman–Crippen LogP) is 3.46. The number of thiophene rings is 1. The molecule has 1 amide bonds. The molecule has 2 aromatic rings. The molecule has 0 unspecified atom stereocenters. The molecule has 0 saturated heterocycles. The molecular formula is C15H20N4OS2. The highest BCUT2D eigenvalue weighted by molar-refractivity contribution is 7.71. The molecular weight excluding hydrogens is 316 g/mol. The van der Waals surface area contributed by atoms with E-state index in [-0.39, 0.29) is 12.5 Å². The topological polar surface area (TPSA) is 53.9 Å². The monoisotopic (exact) mass is 336 g/mol. The van der Waals surface area contributed by atoms with Crippen molar-refractivity contribution in [3.8, 4) is 10.7 Å². The standard InChI is InChI=1S/C15H20N4OS2/c1-18(11-6-3-2-4-7-11)13(20)10-19-14(16-17-15(19)21)12-8-5-9-22-12/h5,8-9,11H,2-4,6-7,10H2,1H3,(H,17,21). The van der Waals surface area contributed by atoms with Gasteiger partial charge in [-0.15, -0.1) is 11.3 Å². The molecule has 0 spiro atoms. The minimum Gasteiger partial charge on any atom is -0.341 e. The molecule has 0 atom stereocenters. The summed E-state index contributed by atoms with van der Waals surface area (Å²) in [6.07, 6.45) is 5.93. The van der Waals surface area contributed by atoms with Crippen LogP contribution in [-0.4, -0.2) is 38.7 Å². The molecule has 1 N–H and O–H groups in total. The van der Waals surface area contributed by atoms with E-state index < -0.39 is 0 Å². The van der Waals surface area contributed by atoms with E-state index in [9.17, 15) is 4.79 Å². The number of nitrogens with one attached hydrogen (secondary N) is 1. The van der Waals surface area contributed by atoms with E-state index in [1.165, 1.54) is 19.3 Å². The summed E-state index contributed by atoms with van der Waals surface area (Å²) in [5.41, 5.74) is 0. The minimum absolute atomic E-state index is 0.0993. The first-order valence-electron chi connectivity index (χ1n) is 7.61. The van der Waals surface area contributed by atoms with Crippen LogP contribution in [0.4, 0.5) is 0 Å². The third kappa shape index (κ3) is 3.15. The van der Waals surface area contributed by atoms with Crippen LogP contribution in [0.3, 0.4) is 0 Å². The van der Waals surface area contributed by atoms with Gasteiger partial charge in [0.25, 0.3) is 0 Å². The number of carbonyl (C=O) groups excluding carboxylic acids is 1. The Morgan fingerprint density at radius 2 is 2.27 bits per heavy atom. The number of amides is 1. The fourth-order valence-corrected chi connectivity index (χ4v) is 3.90. The van der Waals surface area contributed by atoms with E-state index in [1.54, 1.807) is 15.9 Å². The van der Waals surface area contributed by atoms with Gasteiger partial charge in [0.05, 0.1) is 4.88 Å². The maximum atomic E-state index is 12.6. The normalized spacial score (nSPS) is 15.9. The van der Waals surface area contributed by atoms with Crippen molar-refractivity contribution < 1.29 is 4.79 Å². The summed E-state index contributed by atoms with van der Waals surface area (Å²) in [5.74, 6) is 0.840. The van der Waals surface area contributed by atoms with Gasteiger partial charge in [-0.1, -0.05) is 25.3 Å². The van der Waals surface area contributed by atoms with Crippen molar-refractivity contribution in [2.24, 2.45) is 0 Å². The van der Waals surface area contributed by atoms with Crippen LogP contribution in [0.15, 0.2) is 17.5 Å². The second-order valence-electron chi connectivity index (χ2n) is 5.71. The van der Waals surface area contributed by atoms with Gasteiger partial charge in [-0.3, -0.25) is 14.5 Å². The van der Waals surface area contributed by atoms with Gasteiger partial charge in [0.1, 0.15) is 6.54 Å². The quantitative estimate of drug-likeness (QED) is 0.870. The molecule has 0 aliphatic heterocycles. The SMILES string of the molecule is CN(C(=O)Cn1c(-c2cccs2)n[nH]c1=S)C1CCCCC1. The Labute approximate surface area is 139 Å².